The van der Waals surface area contributed by atoms with Crippen LogP contribution < -0.4 is 10.0 Å². The van der Waals surface area contributed by atoms with Gasteiger partial charge in [0, 0.05) is 12.0 Å². The van der Waals surface area contributed by atoms with Crippen molar-refractivity contribution in [2.24, 2.45) is 11.8 Å². The summed E-state index contributed by atoms with van der Waals surface area (Å²) in [6, 6.07) is 3.53. The fourth-order valence-corrected chi connectivity index (χ4v) is 2.34. The number of sulfonamides is 1. The zero-order valence-corrected chi connectivity index (χ0v) is 13.4. The summed E-state index contributed by atoms with van der Waals surface area (Å²) in [5.41, 5.74) is 0.254. The Kier molecular flexibility index (Phi) is 5.71. The summed E-state index contributed by atoms with van der Waals surface area (Å²) in [6.07, 6.45) is 1.82. The molecule has 2 N–H and O–H groups in total. The van der Waals surface area contributed by atoms with Gasteiger partial charge in [-0.15, -0.1) is 0 Å². The van der Waals surface area contributed by atoms with E-state index in [1.54, 1.807) is 6.92 Å². The van der Waals surface area contributed by atoms with Crippen LogP contribution in [-0.4, -0.2) is 20.6 Å². The van der Waals surface area contributed by atoms with E-state index in [1.165, 1.54) is 6.07 Å². The average molecular weight is 316 g/mol. The maximum Gasteiger partial charge on any atom is 0.229 e. The SMILES string of the molecule is CC[C@@H](C)[C@@H](C)C(=O)Nc1ccc(F)cc1NS(C)(=O)=O. The second kappa shape index (κ2) is 6.89. The molecule has 21 heavy (non-hydrogen) atoms. The van der Waals surface area contributed by atoms with Crippen LogP contribution >= 0.6 is 0 Å². The van der Waals surface area contributed by atoms with Gasteiger partial charge in [-0.3, -0.25) is 9.52 Å². The lowest BCUT2D eigenvalue weighted by molar-refractivity contribution is -0.120. The number of hydrogen-bond donors (Lipinski definition) is 2. The monoisotopic (exact) mass is 316 g/mol. The standard InChI is InChI=1S/C14H21FN2O3S/c1-5-9(2)10(3)14(18)16-12-7-6-11(15)8-13(12)17-21(4,19)20/h6-10,17H,5H2,1-4H3,(H,16,18)/t9-,10-/m1/s1. The van der Waals surface area contributed by atoms with E-state index < -0.39 is 15.8 Å². The second-order valence-electron chi connectivity index (χ2n) is 5.23. The molecule has 5 nitrogen and oxygen atoms in total. The molecular formula is C14H21FN2O3S. The lowest BCUT2D eigenvalue weighted by Gasteiger charge is -2.19. The minimum Gasteiger partial charge on any atom is -0.324 e. The van der Waals surface area contributed by atoms with E-state index >= 15 is 0 Å². The van der Waals surface area contributed by atoms with E-state index in [9.17, 15) is 17.6 Å². The number of rotatable bonds is 6. The van der Waals surface area contributed by atoms with E-state index in [1.807, 2.05) is 13.8 Å². The number of hydrogen-bond acceptors (Lipinski definition) is 3. The third-order valence-electron chi connectivity index (χ3n) is 3.45. The molecule has 118 valence electrons. The van der Waals surface area contributed by atoms with Crippen LogP contribution in [0, 0.1) is 17.7 Å². The van der Waals surface area contributed by atoms with Gasteiger partial charge in [-0.05, 0) is 18.1 Å². The summed E-state index contributed by atoms with van der Waals surface area (Å²) in [5, 5.41) is 2.64. The van der Waals surface area contributed by atoms with Crippen LogP contribution in [0.1, 0.15) is 27.2 Å². The van der Waals surface area contributed by atoms with Gasteiger partial charge in [0.15, 0.2) is 0 Å². The molecule has 1 rings (SSSR count). The van der Waals surface area contributed by atoms with Crippen LogP contribution in [0.4, 0.5) is 15.8 Å². The van der Waals surface area contributed by atoms with Crippen molar-refractivity contribution in [1.82, 2.24) is 0 Å². The molecule has 0 aliphatic heterocycles. The Bertz CT molecular complexity index is 617. The molecule has 7 heteroatoms. The van der Waals surface area contributed by atoms with Crippen LogP contribution in [0.5, 0.6) is 0 Å². The molecule has 0 heterocycles. The van der Waals surface area contributed by atoms with Gasteiger partial charge in [-0.2, -0.15) is 0 Å². The fraction of sp³-hybridized carbons (Fsp3) is 0.500. The summed E-state index contributed by atoms with van der Waals surface area (Å²) in [5.74, 6) is -0.857. The van der Waals surface area contributed by atoms with Crippen molar-refractivity contribution in [3.63, 3.8) is 0 Å². The minimum atomic E-state index is -3.56. The van der Waals surface area contributed by atoms with E-state index in [0.717, 1.165) is 24.8 Å². The number of halogens is 1. The van der Waals surface area contributed by atoms with E-state index in [4.69, 9.17) is 0 Å². The molecule has 1 aromatic carbocycles. The number of carbonyl (C=O) groups excluding carboxylic acids is 1. The van der Waals surface area contributed by atoms with Crippen LogP contribution in [0.25, 0.3) is 0 Å². The van der Waals surface area contributed by atoms with Gasteiger partial charge in [0.2, 0.25) is 15.9 Å². The lowest BCUT2D eigenvalue weighted by atomic mass is 9.93. The fourth-order valence-electron chi connectivity index (χ4n) is 1.77. The first-order valence-electron chi connectivity index (χ1n) is 6.72. The summed E-state index contributed by atoms with van der Waals surface area (Å²) in [4.78, 5) is 12.1. The van der Waals surface area contributed by atoms with Gasteiger partial charge >= 0.3 is 0 Å². The molecule has 0 aromatic heterocycles. The number of benzene rings is 1. The van der Waals surface area contributed by atoms with Gasteiger partial charge in [-0.25, -0.2) is 12.8 Å². The van der Waals surface area contributed by atoms with Crippen molar-refractivity contribution >= 4 is 27.3 Å². The van der Waals surface area contributed by atoms with Crippen molar-refractivity contribution in [3.8, 4) is 0 Å². The van der Waals surface area contributed by atoms with Gasteiger partial charge in [-0.1, -0.05) is 27.2 Å². The molecule has 0 fully saturated rings. The first-order chi connectivity index (χ1) is 9.64. The van der Waals surface area contributed by atoms with Gasteiger partial charge in [0.05, 0.1) is 17.6 Å². The number of amides is 1. The molecule has 0 bridgehead atoms. The van der Waals surface area contributed by atoms with E-state index in [0.29, 0.717) is 0 Å². The van der Waals surface area contributed by atoms with E-state index in [2.05, 4.69) is 10.0 Å². The highest BCUT2D eigenvalue weighted by atomic mass is 32.2. The van der Waals surface area contributed by atoms with Crippen molar-refractivity contribution in [1.29, 1.82) is 0 Å². The summed E-state index contributed by atoms with van der Waals surface area (Å²) in [6.45, 7) is 5.75. The molecule has 0 saturated heterocycles. The first kappa shape index (κ1) is 17.4. The van der Waals surface area contributed by atoms with Crippen LogP contribution in [0.15, 0.2) is 18.2 Å². The Morgan fingerprint density at radius 3 is 2.43 bits per heavy atom. The van der Waals surface area contributed by atoms with Gasteiger partial charge < -0.3 is 5.32 Å². The van der Waals surface area contributed by atoms with E-state index in [-0.39, 0.29) is 29.1 Å². The molecular weight excluding hydrogens is 295 g/mol. The second-order valence-corrected chi connectivity index (χ2v) is 6.98. The molecule has 2 atom stereocenters. The molecule has 0 saturated carbocycles. The number of anilines is 2. The number of nitrogens with one attached hydrogen (secondary N) is 2. The molecule has 0 aliphatic carbocycles. The van der Waals surface area contributed by atoms with Crippen molar-refractivity contribution < 1.29 is 17.6 Å². The van der Waals surface area contributed by atoms with Crippen LogP contribution in [0.3, 0.4) is 0 Å². The average Bonchev–Trinajstić information content (AvgIpc) is 2.38. The predicted molar refractivity (Wildman–Crippen MR) is 82.1 cm³/mol. The molecule has 0 radical (unpaired) electrons. The van der Waals surface area contributed by atoms with Crippen LogP contribution in [-0.2, 0) is 14.8 Å². The Balaban J connectivity index is 3.00. The molecule has 0 aliphatic rings. The molecule has 1 aromatic rings. The van der Waals surface area contributed by atoms with Crippen molar-refractivity contribution in [2.45, 2.75) is 27.2 Å². The zero-order chi connectivity index (χ0) is 16.2. The van der Waals surface area contributed by atoms with Crippen molar-refractivity contribution in [2.75, 3.05) is 16.3 Å². The highest BCUT2D eigenvalue weighted by molar-refractivity contribution is 7.92. The zero-order valence-electron chi connectivity index (χ0n) is 12.6. The summed E-state index contributed by atoms with van der Waals surface area (Å²) in [7, 11) is -3.56. The topological polar surface area (TPSA) is 75.3 Å². The van der Waals surface area contributed by atoms with Gasteiger partial charge in [0.1, 0.15) is 5.82 Å². The summed E-state index contributed by atoms with van der Waals surface area (Å²) >= 11 is 0. The van der Waals surface area contributed by atoms with Crippen LogP contribution in [0.2, 0.25) is 0 Å². The van der Waals surface area contributed by atoms with Crippen molar-refractivity contribution in [3.05, 3.63) is 24.0 Å². The smallest absolute Gasteiger partial charge is 0.229 e. The third kappa shape index (κ3) is 5.34. The normalized spacial score (nSPS) is 14.3. The number of carbonyl (C=O) groups is 1. The third-order valence-corrected chi connectivity index (χ3v) is 4.04. The maximum absolute atomic E-state index is 13.3. The Morgan fingerprint density at radius 1 is 1.29 bits per heavy atom. The molecule has 0 spiro atoms. The highest BCUT2D eigenvalue weighted by Crippen LogP contribution is 2.25. The maximum atomic E-state index is 13.3. The molecule has 1 amide bonds. The summed E-state index contributed by atoms with van der Waals surface area (Å²) < 4.78 is 38.0. The largest absolute Gasteiger partial charge is 0.324 e. The first-order valence-corrected chi connectivity index (χ1v) is 8.61. The van der Waals surface area contributed by atoms with Gasteiger partial charge in [0.25, 0.3) is 0 Å². The Labute approximate surface area is 125 Å². The highest BCUT2D eigenvalue weighted by Gasteiger charge is 2.20. The quantitative estimate of drug-likeness (QED) is 0.847. The lowest BCUT2D eigenvalue weighted by Crippen LogP contribution is -2.26. The predicted octanol–water partition coefficient (Wildman–Crippen LogP) is 2.82. The Hall–Kier alpha value is -1.63. The Morgan fingerprint density at radius 2 is 1.90 bits per heavy atom. The molecule has 0 unspecified atom stereocenters. The minimum absolute atomic E-state index is 0.0159.